The van der Waals surface area contributed by atoms with E-state index >= 15 is 0 Å². The van der Waals surface area contributed by atoms with E-state index in [-0.39, 0.29) is 16.7 Å². The summed E-state index contributed by atoms with van der Waals surface area (Å²) in [5.41, 5.74) is 21.1. The van der Waals surface area contributed by atoms with Gasteiger partial charge in [0.15, 0.2) is 0 Å². The summed E-state index contributed by atoms with van der Waals surface area (Å²) in [6.07, 6.45) is 4.46. The average molecular weight is 1020 g/mol. The second-order valence-corrected chi connectivity index (χ2v) is 19.8. The van der Waals surface area contributed by atoms with Crippen LogP contribution in [0.3, 0.4) is 0 Å². The Morgan fingerprint density at radius 1 is 0.256 bits per heavy atom. The number of carboxylic acid groups (broad SMARTS) is 3. The first-order valence-electron chi connectivity index (χ1n) is 26.8. The Hall–Kier alpha value is -9.39. The number of benzene rings is 10. The largest absolute Gasteiger partial charge is 0.478 e. The topological polar surface area (TPSA) is 112 Å². The molecule has 10 aromatic carbocycles. The first kappa shape index (κ1) is 52.1. The first-order valence-corrected chi connectivity index (χ1v) is 26.8. The van der Waals surface area contributed by atoms with Crippen molar-refractivity contribution in [3.05, 3.63) is 285 Å². The molecular formula is C72H60O6. The van der Waals surface area contributed by atoms with Crippen molar-refractivity contribution in [2.75, 3.05) is 0 Å². The van der Waals surface area contributed by atoms with Crippen molar-refractivity contribution >= 4 is 17.9 Å². The van der Waals surface area contributed by atoms with Crippen molar-refractivity contribution in [2.24, 2.45) is 0 Å². The highest BCUT2D eigenvalue weighted by atomic mass is 16.4. The van der Waals surface area contributed by atoms with Crippen LogP contribution in [0.1, 0.15) is 102 Å². The first-order chi connectivity index (χ1) is 38.1. The second-order valence-electron chi connectivity index (χ2n) is 19.8. The number of hydrogen-bond acceptors (Lipinski definition) is 3. The van der Waals surface area contributed by atoms with Gasteiger partial charge in [-0.3, -0.25) is 0 Å². The monoisotopic (exact) mass is 1020 g/mol. The van der Waals surface area contributed by atoms with E-state index in [4.69, 9.17) is 0 Å². The third kappa shape index (κ3) is 10.6. The molecule has 6 nitrogen and oxygen atoms in total. The quantitative estimate of drug-likeness (QED) is 0.0789. The molecule has 0 atom stereocenters. The fraction of sp³-hybridized carbons (Fsp3) is 0.125. The fourth-order valence-electron chi connectivity index (χ4n) is 11.7. The minimum absolute atomic E-state index is 0.273. The molecule has 0 heterocycles. The number of hydrogen-bond donors (Lipinski definition) is 3. The van der Waals surface area contributed by atoms with Crippen molar-refractivity contribution < 1.29 is 29.7 Å². The molecule has 0 aromatic heterocycles. The van der Waals surface area contributed by atoms with Gasteiger partial charge in [0.25, 0.3) is 0 Å². The van der Waals surface area contributed by atoms with Gasteiger partial charge >= 0.3 is 17.9 Å². The maximum Gasteiger partial charge on any atom is 0.336 e. The summed E-state index contributed by atoms with van der Waals surface area (Å²) in [4.78, 5) is 38.8. The normalized spacial score (nSPS) is 11.1. The molecular weight excluding hydrogens is 961 g/mol. The molecule has 10 rings (SSSR count). The van der Waals surface area contributed by atoms with Gasteiger partial charge in [0.1, 0.15) is 0 Å². The van der Waals surface area contributed by atoms with Crippen LogP contribution in [0.25, 0.3) is 66.8 Å². The molecule has 384 valence electrons. The lowest BCUT2D eigenvalue weighted by Gasteiger charge is -2.27. The molecule has 0 aliphatic heterocycles. The Bertz CT molecular complexity index is 3380. The van der Waals surface area contributed by atoms with Crippen LogP contribution >= 0.6 is 0 Å². The van der Waals surface area contributed by atoms with E-state index in [0.717, 1.165) is 69.3 Å². The van der Waals surface area contributed by atoms with Crippen LogP contribution in [0.5, 0.6) is 0 Å². The maximum atomic E-state index is 12.9. The van der Waals surface area contributed by atoms with Gasteiger partial charge in [-0.05, 0) is 155 Å². The smallest absolute Gasteiger partial charge is 0.336 e. The molecule has 0 radical (unpaired) electrons. The van der Waals surface area contributed by atoms with E-state index in [0.29, 0.717) is 52.6 Å². The SMILES string of the molecule is CCc1c(Cc2ccc(-c3cccc(-c4ccccc4)c3C(=O)O)cc2)c(CC)c(Cc2ccc(-c3cccc(-c4ccccc4)c3C(=O)O)cc2)c(CC)c1Cc1ccc(-c2cccc(-c3ccccc3)c2C(=O)O)cc1. The van der Waals surface area contributed by atoms with Gasteiger partial charge in [-0.2, -0.15) is 0 Å². The van der Waals surface area contributed by atoms with Gasteiger partial charge in [-0.25, -0.2) is 14.4 Å². The second kappa shape index (κ2) is 23.2. The summed E-state index contributed by atoms with van der Waals surface area (Å²) >= 11 is 0. The lowest BCUT2D eigenvalue weighted by Crippen LogP contribution is -2.14. The molecule has 6 heteroatoms. The number of aromatic carboxylic acids is 3. The zero-order valence-corrected chi connectivity index (χ0v) is 44.1. The predicted octanol–water partition coefficient (Wildman–Crippen LogP) is 17.2. The Kier molecular flexibility index (Phi) is 15.5. The van der Waals surface area contributed by atoms with Gasteiger partial charge in [0.2, 0.25) is 0 Å². The van der Waals surface area contributed by atoms with Gasteiger partial charge in [-0.15, -0.1) is 0 Å². The minimum atomic E-state index is -0.974. The standard InChI is InChI=1S/C72H60O6/c1-4-55-64(43-46-31-37-52(38-32-46)61-28-16-25-58(67(61)70(73)74)49-19-10-7-11-20-49)56(5-2)66(45-48-35-41-54(42-36-48)63-30-18-27-60(69(63)72(77)78)51-23-14-9-15-24-51)57(6-3)65(55)44-47-33-39-53(40-34-47)62-29-17-26-59(68(62)71(75)76)50-21-12-8-13-22-50/h7-42H,4-6,43-45H2,1-3H3,(H,73,74)(H,75,76)(H,77,78). The summed E-state index contributed by atoms with van der Waals surface area (Å²) in [7, 11) is 0. The third-order valence-electron chi connectivity index (χ3n) is 15.3. The Labute approximate surface area is 456 Å². The molecule has 3 N–H and O–H groups in total. The Morgan fingerprint density at radius 2 is 0.462 bits per heavy atom. The van der Waals surface area contributed by atoms with Crippen LogP contribution < -0.4 is 0 Å². The Balaban J connectivity index is 1.05. The van der Waals surface area contributed by atoms with E-state index in [2.05, 4.69) is 57.2 Å². The van der Waals surface area contributed by atoms with Gasteiger partial charge in [0, 0.05) is 0 Å². The van der Waals surface area contributed by atoms with Crippen LogP contribution in [0, 0.1) is 0 Å². The Morgan fingerprint density at radius 3 is 0.654 bits per heavy atom. The van der Waals surface area contributed by atoms with E-state index in [1.807, 2.05) is 182 Å². The summed E-state index contributed by atoms with van der Waals surface area (Å²) in [5, 5.41) is 31.8. The molecule has 0 aliphatic carbocycles. The lowest BCUT2D eigenvalue weighted by atomic mass is 9.78. The molecule has 0 fully saturated rings. The van der Waals surface area contributed by atoms with Crippen molar-refractivity contribution in [3.63, 3.8) is 0 Å². The minimum Gasteiger partial charge on any atom is -0.478 e. The van der Waals surface area contributed by atoms with Gasteiger partial charge in [-0.1, -0.05) is 239 Å². The highest BCUT2D eigenvalue weighted by molar-refractivity contribution is 6.05. The molecule has 0 aliphatic rings. The fourth-order valence-corrected chi connectivity index (χ4v) is 11.7. The highest BCUT2D eigenvalue weighted by Crippen LogP contribution is 2.39. The van der Waals surface area contributed by atoms with Crippen LogP contribution in [-0.2, 0) is 38.5 Å². The van der Waals surface area contributed by atoms with Crippen LogP contribution in [-0.4, -0.2) is 33.2 Å². The van der Waals surface area contributed by atoms with Crippen LogP contribution in [0.2, 0.25) is 0 Å². The maximum absolute atomic E-state index is 12.9. The van der Waals surface area contributed by atoms with Crippen molar-refractivity contribution in [1.82, 2.24) is 0 Å². The summed E-state index contributed by atoms with van der Waals surface area (Å²) < 4.78 is 0. The molecule has 0 bridgehead atoms. The van der Waals surface area contributed by atoms with Gasteiger partial charge in [0.05, 0.1) is 16.7 Å². The van der Waals surface area contributed by atoms with E-state index in [1.54, 1.807) is 0 Å². The number of rotatable bonds is 18. The zero-order valence-electron chi connectivity index (χ0n) is 44.1. The summed E-state index contributed by atoms with van der Waals surface area (Å²) in [5.74, 6) is -2.92. The molecule has 78 heavy (non-hydrogen) atoms. The van der Waals surface area contributed by atoms with E-state index < -0.39 is 17.9 Å². The molecule has 0 spiro atoms. The summed E-state index contributed by atoms with van der Waals surface area (Å²) in [6, 6.07) is 71.1. The molecule has 0 saturated heterocycles. The van der Waals surface area contributed by atoms with E-state index in [9.17, 15) is 29.7 Å². The highest BCUT2D eigenvalue weighted by Gasteiger charge is 2.25. The average Bonchev–Trinajstić information content (AvgIpc) is 3.53. The van der Waals surface area contributed by atoms with Crippen molar-refractivity contribution in [2.45, 2.75) is 59.3 Å². The van der Waals surface area contributed by atoms with E-state index in [1.165, 1.54) is 33.4 Å². The predicted molar refractivity (Wildman–Crippen MR) is 316 cm³/mol. The van der Waals surface area contributed by atoms with Crippen molar-refractivity contribution in [3.8, 4) is 66.8 Å². The van der Waals surface area contributed by atoms with Gasteiger partial charge < -0.3 is 15.3 Å². The molecule has 0 unspecified atom stereocenters. The molecule has 0 saturated carbocycles. The summed E-state index contributed by atoms with van der Waals surface area (Å²) in [6.45, 7) is 6.72. The molecule has 10 aromatic rings. The van der Waals surface area contributed by atoms with Crippen molar-refractivity contribution in [1.29, 1.82) is 0 Å². The van der Waals surface area contributed by atoms with Crippen LogP contribution in [0.15, 0.2) is 218 Å². The zero-order chi connectivity index (χ0) is 54.3. The third-order valence-corrected chi connectivity index (χ3v) is 15.3. The number of carboxylic acids is 3. The molecule has 0 amide bonds. The lowest BCUT2D eigenvalue weighted by molar-refractivity contribution is 0.0687. The van der Waals surface area contributed by atoms with Crippen LogP contribution in [0.4, 0.5) is 0 Å². The number of carbonyl (C=O) groups is 3.